The molecule has 0 aliphatic rings. The van der Waals surface area contributed by atoms with Crippen molar-refractivity contribution in [3.8, 4) is 0 Å². The molecule has 0 spiro atoms. The summed E-state index contributed by atoms with van der Waals surface area (Å²) >= 11 is 0. The molecule has 0 amide bonds. The van der Waals surface area contributed by atoms with Crippen LogP contribution in [0.2, 0.25) is 0 Å². The molecule has 2 rings (SSSR count). The van der Waals surface area contributed by atoms with Crippen LogP contribution < -0.4 is 5.63 Å². The second-order valence-corrected chi connectivity index (χ2v) is 2.90. The Morgan fingerprint density at radius 3 is 2.80 bits per heavy atom. The number of carboxylic acid groups (broad SMARTS) is 1. The number of rotatable bonds is 1. The summed E-state index contributed by atoms with van der Waals surface area (Å²) in [5, 5.41) is 8.61. The molecule has 0 atom stereocenters. The van der Waals surface area contributed by atoms with Crippen molar-refractivity contribution in [2.24, 2.45) is 0 Å². The fraction of sp³-hybridized carbons (Fsp3) is 0. The lowest BCUT2D eigenvalue weighted by Crippen LogP contribution is -2.13. The van der Waals surface area contributed by atoms with Crippen LogP contribution in [0.15, 0.2) is 33.5 Å². The second-order valence-electron chi connectivity index (χ2n) is 2.90. The number of halogens is 1. The normalized spacial score (nSPS) is 10.5. The van der Waals surface area contributed by atoms with E-state index in [2.05, 4.69) is 4.42 Å². The van der Waals surface area contributed by atoms with Crippen molar-refractivity contribution in [2.45, 2.75) is 0 Å². The van der Waals surface area contributed by atoms with E-state index in [9.17, 15) is 14.0 Å². The molecule has 0 saturated carbocycles. The molecule has 76 valence electrons. The number of fused-ring (bicyclic) bond motifs is 1. The molecule has 1 aromatic heterocycles. The van der Waals surface area contributed by atoms with E-state index < -0.39 is 23.0 Å². The van der Waals surface area contributed by atoms with Gasteiger partial charge in [-0.2, -0.15) is 0 Å². The Hall–Kier alpha value is -2.17. The second kappa shape index (κ2) is 3.20. The maximum atomic E-state index is 13.2. The van der Waals surface area contributed by atoms with Crippen molar-refractivity contribution < 1.29 is 18.7 Å². The summed E-state index contributed by atoms with van der Waals surface area (Å²) in [6.07, 6.45) is 0. The minimum atomic E-state index is -1.44. The van der Waals surface area contributed by atoms with E-state index in [1.165, 1.54) is 12.1 Å². The zero-order valence-corrected chi connectivity index (χ0v) is 7.36. The van der Waals surface area contributed by atoms with Crippen LogP contribution in [0.3, 0.4) is 0 Å². The smallest absolute Gasteiger partial charge is 0.351 e. The van der Waals surface area contributed by atoms with Gasteiger partial charge in [-0.3, -0.25) is 0 Å². The molecule has 0 radical (unpaired) electrons. The third kappa shape index (κ3) is 1.48. The van der Waals surface area contributed by atoms with E-state index in [1.54, 1.807) is 0 Å². The highest BCUT2D eigenvalue weighted by atomic mass is 19.1. The Kier molecular flexibility index (Phi) is 2.00. The van der Waals surface area contributed by atoms with Gasteiger partial charge in [-0.15, -0.1) is 0 Å². The lowest BCUT2D eigenvalue weighted by molar-refractivity contribution is 0.0692. The van der Waals surface area contributed by atoms with Crippen molar-refractivity contribution in [2.75, 3.05) is 0 Å². The molecule has 0 saturated heterocycles. The molecule has 0 aliphatic heterocycles. The van der Waals surface area contributed by atoms with Crippen LogP contribution in [-0.2, 0) is 0 Å². The summed E-state index contributed by atoms with van der Waals surface area (Å²) in [6.45, 7) is 0. The van der Waals surface area contributed by atoms with Crippen LogP contribution in [0.1, 0.15) is 10.4 Å². The van der Waals surface area contributed by atoms with Gasteiger partial charge in [-0.25, -0.2) is 14.0 Å². The van der Waals surface area contributed by atoms with E-state index in [1.807, 2.05) is 0 Å². The summed E-state index contributed by atoms with van der Waals surface area (Å²) in [4.78, 5) is 21.7. The Morgan fingerprint density at radius 2 is 2.13 bits per heavy atom. The molecular formula is C10H5FO4. The maximum absolute atomic E-state index is 13.2. The molecule has 4 nitrogen and oxygen atoms in total. The minimum absolute atomic E-state index is 0.0190. The van der Waals surface area contributed by atoms with E-state index in [4.69, 9.17) is 5.11 Å². The van der Waals surface area contributed by atoms with Crippen molar-refractivity contribution in [3.05, 3.63) is 46.1 Å². The number of carboxylic acids is 1. The van der Waals surface area contributed by atoms with Gasteiger partial charge in [0.15, 0.2) is 0 Å². The van der Waals surface area contributed by atoms with Gasteiger partial charge < -0.3 is 9.52 Å². The summed E-state index contributed by atoms with van der Waals surface area (Å²) < 4.78 is 17.9. The number of hydrogen-bond acceptors (Lipinski definition) is 3. The molecule has 15 heavy (non-hydrogen) atoms. The van der Waals surface area contributed by atoms with E-state index in [0.29, 0.717) is 0 Å². The quantitative estimate of drug-likeness (QED) is 0.723. The largest absolute Gasteiger partial charge is 0.477 e. The highest BCUT2D eigenvalue weighted by Crippen LogP contribution is 2.16. The highest BCUT2D eigenvalue weighted by Gasteiger charge is 2.13. The van der Waals surface area contributed by atoms with Crippen molar-refractivity contribution in [3.63, 3.8) is 0 Å². The zero-order valence-electron chi connectivity index (χ0n) is 7.36. The fourth-order valence-electron chi connectivity index (χ4n) is 1.25. The molecule has 5 heteroatoms. The molecule has 1 heterocycles. The molecule has 0 unspecified atom stereocenters. The average Bonchev–Trinajstić information content (AvgIpc) is 2.16. The van der Waals surface area contributed by atoms with Gasteiger partial charge in [-0.05, 0) is 18.2 Å². The van der Waals surface area contributed by atoms with E-state index in [-0.39, 0.29) is 11.0 Å². The third-order valence-electron chi connectivity index (χ3n) is 1.95. The number of benzene rings is 1. The molecule has 0 bridgehead atoms. The number of carbonyl (C=O) groups is 1. The van der Waals surface area contributed by atoms with Crippen LogP contribution in [0, 0.1) is 5.82 Å². The monoisotopic (exact) mass is 208 g/mol. The fourth-order valence-corrected chi connectivity index (χ4v) is 1.25. The van der Waals surface area contributed by atoms with E-state index in [0.717, 1.165) is 12.1 Å². The molecule has 2 aromatic rings. The van der Waals surface area contributed by atoms with Gasteiger partial charge in [0, 0.05) is 0 Å². The third-order valence-corrected chi connectivity index (χ3v) is 1.95. The van der Waals surface area contributed by atoms with Crippen molar-refractivity contribution >= 4 is 16.9 Å². The summed E-state index contributed by atoms with van der Waals surface area (Å²) in [6, 6.07) is 4.90. The van der Waals surface area contributed by atoms with Gasteiger partial charge in [-0.1, -0.05) is 6.07 Å². The Morgan fingerprint density at radius 1 is 1.40 bits per heavy atom. The SMILES string of the molecule is O=C(O)c1cc2c(F)cccc2oc1=O. The van der Waals surface area contributed by atoms with Crippen molar-refractivity contribution in [1.82, 2.24) is 0 Å². The maximum Gasteiger partial charge on any atom is 0.351 e. The van der Waals surface area contributed by atoms with E-state index >= 15 is 0 Å². The van der Waals surface area contributed by atoms with Gasteiger partial charge in [0.25, 0.3) is 0 Å². The molecular weight excluding hydrogens is 203 g/mol. The van der Waals surface area contributed by atoms with Crippen LogP contribution >= 0.6 is 0 Å². The van der Waals surface area contributed by atoms with Crippen LogP contribution in [-0.4, -0.2) is 11.1 Å². The first-order valence-corrected chi connectivity index (χ1v) is 4.05. The predicted molar refractivity (Wildman–Crippen MR) is 49.4 cm³/mol. The first kappa shape index (κ1) is 9.39. The molecule has 1 aromatic carbocycles. The lowest BCUT2D eigenvalue weighted by Gasteiger charge is -1.98. The van der Waals surface area contributed by atoms with Crippen LogP contribution in [0.25, 0.3) is 11.0 Å². The average molecular weight is 208 g/mol. The van der Waals surface area contributed by atoms with Crippen molar-refractivity contribution in [1.29, 1.82) is 0 Å². The van der Waals surface area contributed by atoms with Gasteiger partial charge in [0.1, 0.15) is 17.0 Å². The standard InChI is InChI=1S/C10H5FO4/c11-7-2-1-3-8-5(7)4-6(9(12)13)10(14)15-8/h1-4H,(H,12,13). The highest BCUT2D eigenvalue weighted by molar-refractivity contribution is 5.91. The topological polar surface area (TPSA) is 67.5 Å². The van der Waals surface area contributed by atoms with Gasteiger partial charge in [0.2, 0.25) is 0 Å². The summed E-state index contributed by atoms with van der Waals surface area (Å²) in [5.41, 5.74) is -1.53. The molecule has 0 fully saturated rings. The molecule has 1 N–H and O–H groups in total. The van der Waals surface area contributed by atoms with Gasteiger partial charge >= 0.3 is 11.6 Å². The number of aromatic carboxylic acids is 1. The first-order chi connectivity index (χ1) is 7.09. The zero-order chi connectivity index (χ0) is 11.0. The van der Waals surface area contributed by atoms with Crippen LogP contribution in [0.4, 0.5) is 4.39 Å². The van der Waals surface area contributed by atoms with Gasteiger partial charge in [0.05, 0.1) is 5.39 Å². The Balaban J connectivity index is 2.90. The Bertz CT molecular complexity index is 600. The summed E-state index contributed by atoms with van der Waals surface area (Å²) in [7, 11) is 0. The number of hydrogen-bond donors (Lipinski definition) is 1. The molecule has 0 aliphatic carbocycles. The Labute approximate surface area is 82.6 Å². The predicted octanol–water partition coefficient (Wildman–Crippen LogP) is 1.63. The lowest BCUT2D eigenvalue weighted by atomic mass is 10.2. The summed E-state index contributed by atoms with van der Waals surface area (Å²) in [5.74, 6) is -2.06. The first-order valence-electron chi connectivity index (χ1n) is 4.05. The van der Waals surface area contributed by atoms with Crippen LogP contribution in [0.5, 0.6) is 0 Å². The minimum Gasteiger partial charge on any atom is -0.477 e.